The van der Waals surface area contributed by atoms with Crippen molar-refractivity contribution in [3.8, 4) is 0 Å². The molecule has 2 rings (SSSR count). The Balaban J connectivity index is 2.47. The third-order valence-electron chi connectivity index (χ3n) is 4.86. The first-order valence-corrected chi connectivity index (χ1v) is 7.31. The number of hydrogen-bond donors (Lipinski definition) is 0. The molecule has 1 fully saturated rings. The number of carbonyl (C=O) groups excluding carboxylic acids is 1. The first-order valence-electron chi connectivity index (χ1n) is 7.31. The zero-order chi connectivity index (χ0) is 14.2. The zero-order valence-corrected chi connectivity index (χ0v) is 12.9. The molecule has 0 radical (unpaired) electrons. The van der Waals surface area contributed by atoms with Gasteiger partial charge in [-0.3, -0.25) is 4.79 Å². The van der Waals surface area contributed by atoms with Crippen LogP contribution in [-0.2, 0) is 0 Å². The molecule has 1 aromatic carbocycles. The maximum absolute atomic E-state index is 12.8. The molecule has 1 aromatic rings. The first kappa shape index (κ1) is 14.1. The van der Waals surface area contributed by atoms with Gasteiger partial charge in [0.2, 0.25) is 0 Å². The van der Waals surface area contributed by atoms with E-state index in [0.29, 0.717) is 0 Å². The minimum absolute atomic E-state index is 0.237. The number of carbonyl (C=O) groups is 1. The van der Waals surface area contributed by atoms with E-state index >= 15 is 0 Å². The summed E-state index contributed by atoms with van der Waals surface area (Å²) in [7, 11) is 0. The van der Waals surface area contributed by atoms with Crippen molar-refractivity contribution in [2.75, 3.05) is 13.1 Å². The van der Waals surface area contributed by atoms with Crippen LogP contribution in [0, 0.1) is 34.6 Å². The molecule has 1 heterocycles. The van der Waals surface area contributed by atoms with Crippen LogP contribution in [-0.4, -0.2) is 23.9 Å². The highest BCUT2D eigenvalue weighted by Gasteiger charge is 2.23. The summed E-state index contributed by atoms with van der Waals surface area (Å²) < 4.78 is 0. The Morgan fingerprint density at radius 3 is 1.63 bits per heavy atom. The summed E-state index contributed by atoms with van der Waals surface area (Å²) in [6, 6.07) is 0. The second-order valence-corrected chi connectivity index (χ2v) is 5.85. The van der Waals surface area contributed by atoms with E-state index in [1.807, 2.05) is 4.90 Å². The Morgan fingerprint density at radius 1 is 0.737 bits per heavy atom. The molecule has 0 spiro atoms. The lowest BCUT2D eigenvalue weighted by Gasteiger charge is -2.29. The molecule has 1 aliphatic heterocycles. The van der Waals surface area contributed by atoms with Gasteiger partial charge in [0.15, 0.2) is 0 Å². The summed E-state index contributed by atoms with van der Waals surface area (Å²) in [5.74, 6) is 0.237. The average molecular weight is 259 g/mol. The summed E-state index contributed by atoms with van der Waals surface area (Å²) in [5.41, 5.74) is 7.13. The standard InChI is InChI=1S/C17H25NO/c1-11-12(2)14(4)16(15(5)13(11)3)17(19)18-9-7-6-8-10-18/h6-10H2,1-5H3. The van der Waals surface area contributed by atoms with Crippen molar-refractivity contribution in [1.82, 2.24) is 4.90 Å². The molecule has 0 saturated carbocycles. The van der Waals surface area contributed by atoms with E-state index in [-0.39, 0.29) is 5.91 Å². The van der Waals surface area contributed by atoms with Crippen LogP contribution in [0.4, 0.5) is 0 Å². The number of piperidine rings is 1. The lowest BCUT2D eigenvalue weighted by molar-refractivity contribution is 0.0722. The summed E-state index contributed by atoms with van der Waals surface area (Å²) in [6.45, 7) is 12.4. The van der Waals surface area contributed by atoms with Crippen LogP contribution < -0.4 is 0 Å². The van der Waals surface area contributed by atoms with Gasteiger partial charge in [-0.1, -0.05) is 0 Å². The minimum Gasteiger partial charge on any atom is -0.339 e. The predicted molar refractivity (Wildman–Crippen MR) is 79.9 cm³/mol. The number of benzene rings is 1. The first-order chi connectivity index (χ1) is 8.95. The van der Waals surface area contributed by atoms with Crippen molar-refractivity contribution in [2.45, 2.75) is 53.9 Å². The van der Waals surface area contributed by atoms with Crippen LogP contribution >= 0.6 is 0 Å². The molecule has 19 heavy (non-hydrogen) atoms. The van der Waals surface area contributed by atoms with Gasteiger partial charge in [-0.15, -0.1) is 0 Å². The molecule has 1 saturated heterocycles. The van der Waals surface area contributed by atoms with Crippen molar-refractivity contribution < 1.29 is 4.79 Å². The van der Waals surface area contributed by atoms with Crippen molar-refractivity contribution in [2.24, 2.45) is 0 Å². The average Bonchev–Trinajstić information content (AvgIpc) is 2.44. The maximum atomic E-state index is 12.8. The van der Waals surface area contributed by atoms with Crippen LogP contribution in [0.3, 0.4) is 0 Å². The van der Waals surface area contributed by atoms with E-state index in [1.54, 1.807) is 0 Å². The summed E-state index contributed by atoms with van der Waals surface area (Å²) >= 11 is 0. The van der Waals surface area contributed by atoms with Gasteiger partial charge in [-0.05, 0) is 81.7 Å². The Morgan fingerprint density at radius 2 is 1.16 bits per heavy atom. The smallest absolute Gasteiger partial charge is 0.254 e. The summed E-state index contributed by atoms with van der Waals surface area (Å²) in [4.78, 5) is 14.8. The topological polar surface area (TPSA) is 20.3 Å². The largest absolute Gasteiger partial charge is 0.339 e. The molecule has 0 unspecified atom stereocenters. The number of likely N-dealkylation sites (tertiary alicyclic amines) is 1. The Bertz CT molecular complexity index is 481. The monoisotopic (exact) mass is 259 g/mol. The number of amides is 1. The van der Waals surface area contributed by atoms with Crippen molar-refractivity contribution >= 4 is 5.91 Å². The summed E-state index contributed by atoms with van der Waals surface area (Å²) in [6.07, 6.45) is 3.55. The molecule has 0 N–H and O–H groups in total. The van der Waals surface area contributed by atoms with E-state index < -0.39 is 0 Å². The highest BCUT2D eigenvalue weighted by atomic mass is 16.2. The van der Waals surface area contributed by atoms with Gasteiger partial charge in [-0.2, -0.15) is 0 Å². The maximum Gasteiger partial charge on any atom is 0.254 e. The van der Waals surface area contributed by atoms with Gasteiger partial charge >= 0.3 is 0 Å². The van der Waals surface area contributed by atoms with Crippen LogP contribution in [0.15, 0.2) is 0 Å². The molecular formula is C17H25NO. The fraction of sp³-hybridized carbons (Fsp3) is 0.588. The van der Waals surface area contributed by atoms with Gasteiger partial charge in [0.25, 0.3) is 5.91 Å². The normalized spacial score (nSPS) is 15.7. The van der Waals surface area contributed by atoms with Crippen molar-refractivity contribution in [1.29, 1.82) is 0 Å². The number of hydrogen-bond acceptors (Lipinski definition) is 1. The third-order valence-corrected chi connectivity index (χ3v) is 4.86. The quantitative estimate of drug-likeness (QED) is 0.750. The number of nitrogens with zero attached hydrogens (tertiary/aromatic N) is 1. The molecule has 0 aromatic heterocycles. The fourth-order valence-electron chi connectivity index (χ4n) is 3.08. The molecule has 1 aliphatic rings. The molecule has 2 nitrogen and oxygen atoms in total. The van der Waals surface area contributed by atoms with Crippen molar-refractivity contribution in [3.63, 3.8) is 0 Å². The van der Waals surface area contributed by atoms with Crippen LogP contribution in [0.5, 0.6) is 0 Å². The molecular weight excluding hydrogens is 234 g/mol. The third kappa shape index (κ3) is 2.41. The second kappa shape index (κ2) is 5.36. The Kier molecular flexibility index (Phi) is 3.98. The van der Waals surface area contributed by atoms with Gasteiger partial charge < -0.3 is 4.90 Å². The summed E-state index contributed by atoms with van der Waals surface area (Å²) in [5, 5.41) is 0. The Labute approximate surface area is 116 Å². The van der Waals surface area contributed by atoms with Crippen LogP contribution in [0.2, 0.25) is 0 Å². The van der Waals surface area contributed by atoms with E-state index in [9.17, 15) is 4.79 Å². The Hall–Kier alpha value is -1.31. The van der Waals surface area contributed by atoms with Crippen LogP contribution in [0.1, 0.15) is 57.4 Å². The van der Waals surface area contributed by atoms with E-state index in [4.69, 9.17) is 0 Å². The predicted octanol–water partition coefficient (Wildman–Crippen LogP) is 3.85. The van der Waals surface area contributed by atoms with Gasteiger partial charge in [-0.25, -0.2) is 0 Å². The second-order valence-electron chi connectivity index (χ2n) is 5.85. The molecule has 1 amide bonds. The van der Waals surface area contributed by atoms with Gasteiger partial charge in [0.1, 0.15) is 0 Å². The van der Waals surface area contributed by atoms with Crippen molar-refractivity contribution in [3.05, 3.63) is 33.4 Å². The minimum atomic E-state index is 0.237. The molecule has 104 valence electrons. The lowest BCUT2D eigenvalue weighted by atomic mass is 9.89. The van der Waals surface area contributed by atoms with Crippen LogP contribution in [0.25, 0.3) is 0 Å². The van der Waals surface area contributed by atoms with Gasteiger partial charge in [0.05, 0.1) is 0 Å². The zero-order valence-electron chi connectivity index (χ0n) is 12.9. The van der Waals surface area contributed by atoms with Gasteiger partial charge in [0, 0.05) is 18.7 Å². The molecule has 0 bridgehead atoms. The highest BCUT2D eigenvalue weighted by Crippen LogP contribution is 2.27. The highest BCUT2D eigenvalue weighted by molar-refractivity contribution is 5.98. The fourth-order valence-corrected chi connectivity index (χ4v) is 3.08. The van der Waals surface area contributed by atoms with E-state index in [2.05, 4.69) is 34.6 Å². The number of rotatable bonds is 1. The van der Waals surface area contributed by atoms with E-state index in [0.717, 1.165) is 42.6 Å². The SMILES string of the molecule is Cc1c(C)c(C)c(C(=O)N2CCCCC2)c(C)c1C. The molecule has 2 heteroatoms. The van der Waals surface area contributed by atoms with E-state index in [1.165, 1.54) is 23.1 Å². The lowest BCUT2D eigenvalue weighted by Crippen LogP contribution is -2.36. The molecule has 0 aliphatic carbocycles. The molecule has 0 atom stereocenters.